The number of carbonyl (C=O) groups is 1. The molecule has 7 heteroatoms. The lowest BCUT2D eigenvalue weighted by Crippen LogP contribution is -1.93. The van der Waals surface area contributed by atoms with E-state index in [1.54, 1.807) is 0 Å². The van der Waals surface area contributed by atoms with Crippen molar-refractivity contribution in [1.82, 2.24) is 4.98 Å². The van der Waals surface area contributed by atoms with Gasteiger partial charge in [-0.05, 0) is 49.2 Å². The van der Waals surface area contributed by atoms with Crippen LogP contribution in [0, 0.1) is 0 Å². The van der Waals surface area contributed by atoms with Crippen LogP contribution in [0.5, 0.6) is 0 Å². The average molecular weight is 436 g/mol. The molecule has 0 amide bonds. The highest BCUT2D eigenvalue weighted by Gasteiger charge is 2.17. The number of carboxylic acids is 1. The number of unbranched alkanes of at least 4 members (excludes halogenated alkanes) is 2. The average Bonchev–Trinajstić information content (AvgIpc) is 3.09. The number of oxazole rings is 1. The third kappa shape index (κ3) is 5.77. The standard InChI is InChI=1S/C21H19Cl2NO3S/c22-16-9-5-14(6-10-16)19-20(15-7-11-17(23)12-8-15)27-21(24-19)28-13-3-1-2-4-18(25)26/h5-12H,1-4,13H2,(H,25,26). The molecule has 0 aliphatic rings. The van der Waals surface area contributed by atoms with Gasteiger partial charge in [0.25, 0.3) is 5.22 Å². The molecule has 3 rings (SSSR count). The van der Waals surface area contributed by atoms with Gasteiger partial charge >= 0.3 is 5.97 Å². The van der Waals surface area contributed by atoms with E-state index >= 15 is 0 Å². The van der Waals surface area contributed by atoms with Crippen LogP contribution in [0.15, 0.2) is 58.2 Å². The molecule has 3 aromatic rings. The van der Waals surface area contributed by atoms with Crippen LogP contribution < -0.4 is 0 Å². The topological polar surface area (TPSA) is 63.3 Å². The van der Waals surface area contributed by atoms with Crippen molar-refractivity contribution < 1.29 is 14.3 Å². The Morgan fingerprint density at radius 1 is 0.929 bits per heavy atom. The fourth-order valence-electron chi connectivity index (χ4n) is 2.68. The van der Waals surface area contributed by atoms with Crippen molar-refractivity contribution in [2.45, 2.75) is 30.9 Å². The van der Waals surface area contributed by atoms with E-state index in [9.17, 15) is 4.79 Å². The number of thioether (sulfide) groups is 1. The largest absolute Gasteiger partial charge is 0.481 e. The van der Waals surface area contributed by atoms with Gasteiger partial charge in [-0.1, -0.05) is 53.5 Å². The molecular formula is C21H19Cl2NO3S. The van der Waals surface area contributed by atoms with Gasteiger partial charge in [0, 0.05) is 33.3 Å². The van der Waals surface area contributed by atoms with Gasteiger partial charge in [0.15, 0.2) is 5.76 Å². The van der Waals surface area contributed by atoms with Crippen molar-refractivity contribution >= 4 is 40.9 Å². The van der Waals surface area contributed by atoms with Crippen molar-refractivity contribution in [2.75, 3.05) is 5.75 Å². The summed E-state index contributed by atoms with van der Waals surface area (Å²) in [7, 11) is 0. The maximum absolute atomic E-state index is 10.6. The summed E-state index contributed by atoms with van der Waals surface area (Å²) in [6.45, 7) is 0. The number of hydrogen-bond acceptors (Lipinski definition) is 4. The summed E-state index contributed by atoms with van der Waals surface area (Å²) in [6, 6.07) is 14.9. The van der Waals surface area contributed by atoms with Crippen LogP contribution in [-0.2, 0) is 4.79 Å². The van der Waals surface area contributed by atoms with Crippen molar-refractivity contribution in [3.8, 4) is 22.6 Å². The molecule has 0 saturated heterocycles. The molecule has 1 aromatic heterocycles. The van der Waals surface area contributed by atoms with E-state index in [1.165, 1.54) is 11.8 Å². The second-order valence-corrected chi connectivity index (χ2v) is 8.14. The fraction of sp³-hybridized carbons (Fsp3) is 0.238. The molecule has 0 aliphatic heterocycles. The Labute approximate surface area is 177 Å². The maximum atomic E-state index is 10.6. The first-order valence-corrected chi connectivity index (χ1v) is 10.6. The summed E-state index contributed by atoms with van der Waals surface area (Å²) in [5.74, 6) is 0.758. The third-order valence-corrected chi connectivity index (χ3v) is 5.51. The molecule has 146 valence electrons. The molecule has 0 radical (unpaired) electrons. The monoisotopic (exact) mass is 435 g/mol. The van der Waals surface area contributed by atoms with Crippen molar-refractivity contribution in [2.24, 2.45) is 0 Å². The zero-order valence-corrected chi connectivity index (χ0v) is 17.4. The highest BCUT2D eigenvalue weighted by molar-refractivity contribution is 7.99. The van der Waals surface area contributed by atoms with Crippen LogP contribution >= 0.6 is 35.0 Å². The lowest BCUT2D eigenvalue weighted by Gasteiger charge is -2.02. The number of aromatic nitrogens is 1. The fourth-order valence-corrected chi connectivity index (χ4v) is 3.75. The minimum atomic E-state index is -0.749. The molecule has 0 aliphatic carbocycles. The number of carboxylic acid groups (broad SMARTS) is 1. The van der Waals surface area contributed by atoms with E-state index in [4.69, 9.17) is 32.7 Å². The summed E-state index contributed by atoms with van der Waals surface area (Å²) in [5.41, 5.74) is 2.58. The SMILES string of the molecule is O=C(O)CCCCCSc1nc(-c2ccc(Cl)cc2)c(-c2ccc(Cl)cc2)o1. The van der Waals surface area contributed by atoms with Crippen LogP contribution in [0.1, 0.15) is 25.7 Å². The van der Waals surface area contributed by atoms with Gasteiger partial charge in [-0.25, -0.2) is 4.98 Å². The predicted molar refractivity (Wildman–Crippen MR) is 114 cm³/mol. The van der Waals surface area contributed by atoms with Gasteiger partial charge in [0.05, 0.1) is 0 Å². The van der Waals surface area contributed by atoms with E-state index < -0.39 is 5.97 Å². The van der Waals surface area contributed by atoms with Gasteiger partial charge in [0.1, 0.15) is 5.69 Å². The van der Waals surface area contributed by atoms with E-state index in [0.29, 0.717) is 27.4 Å². The Balaban J connectivity index is 1.76. The minimum Gasteiger partial charge on any atom is -0.481 e. The number of benzene rings is 2. The molecule has 0 spiro atoms. The highest BCUT2D eigenvalue weighted by Crippen LogP contribution is 2.36. The number of nitrogens with zero attached hydrogens (tertiary/aromatic N) is 1. The molecule has 0 atom stereocenters. The van der Waals surface area contributed by atoms with E-state index in [-0.39, 0.29) is 6.42 Å². The second-order valence-electron chi connectivity index (χ2n) is 6.22. The first-order chi connectivity index (χ1) is 13.5. The summed E-state index contributed by atoms with van der Waals surface area (Å²) < 4.78 is 6.05. The molecule has 0 fully saturated rings. The Hall–Kier alpha value is -1.95. The summed E-state index contributed by atoms with van der Waals surface area (Å²) >= 11 is 13.5. The van der Waals surface area contributed by atoms with Gasteiger partial charge in [-0.2, -0.15) is 0 Å². The summed E-state index contributed by atoms with van der Waals surface area (Å²) in [5, 5.41) is 10.6. The van der Waals surface area contributed by atoms with Gasteiger partial charge in [-0.15, -0.1) is 0 Å². The molecule has 0 unspecified atom stereocenters. The predicted octanol–water partition coefficient (Wildman–Crippen LogP) is 7.05. The van der Waals surface area contributed by atoms with Crippen LogP contribution in [0.3, 0.4) is 0 Å². The smallest absolute Gasteiger partial charge is 0.303 e. The Morgan fingerprint density at radius 2 is 1.54 bits per heavy atom. The van der Waals surface area contributed by atoms with Gasteiger partial charge in [-0.3, -0.25) is 4.79 Å². The lowest BCUT2D eigenvalue weighted by atomic mass is 10.1. The number of hydrogen-bond donors (Lipinski definition) is 1. The molecule has 1 N–H and O–H groups in total. The van der Waals surface area contributed by atoms with Crippen LogP contribution in [0.2, 0.25) is 10.0 Å². The first-order valence-electron chi connectivity index (χ1n) is 8.90. The van der Waals surface area contributed by atoms with E-state index in [0.717, 1.165) is 35.4 Å². The van der Waals surface area contributed by atoms with Gasteiger partial charge in [0.2, 0.25) is 0 Å². The van der Waals surface area contributed by atoms with Crippen molar-refractivity contribution in [3.63, 3.8) is 0 Å². The van der Waals surface area contributed by atoms with Gasteiger partial charge < -0.3 is 9.52 Å². The number of halogens is 2. The quantitative estimate of drug-likeness (QED) is 0.288. The van der Waals surface area contributed by atoms with Crippen molar-refractivity contribution in [1.29, 1.82) is 0 Å². The van der Waals surface area contributed by atoms with Crippen LogP contribution in [0.4, 0.5) is 0 Å². The Morgan fingerprint density at radius 3 is 2.14 bits per heavy atom. The molecule has 28 heavy (non-hydrogen) atoms. The maximum Gasteiger partial charge on any atom is 0.303 e. The number of rotatable bonds is 9. The highest BCUT2D eigenvalue weighted by atomic mass is 35.5. The molecular weight excluding hydrogens is 417 g/mol. The zero-order chi connectivity index (χ0) is 19.9. The molecule has 1 heterocycles. The van der Waals surface area contributed by atoms with Crippen LogP contribution in [0.25, 0.3) is 22.6 Å². The number of aliphatic carboxylic acids is 1. The van der Waals surface area contributed by atoms with Crippen LogP contribution in [-0.4, -0.2) is 21.8 Å². The molecule has 0 saturated carbocycles. The summed E-state index contributed by atoms with van der Waals surface area (Å²) in [4.78, 5) is 15.2. The van der Waals surface area contributed by atoms with E-state index in [1.807, 2.05) is 48.5 Å². The van der Waals surface area contributed by atoms with Crippen molar-refractivity contribution in [3.05, 3.63) is 58.6 Å². The molecule has 0 bridgehead atoms. The third-order valence-electron chi connectivity index (χ3n) is 4.09. The normalized spacial score (nSPS) is 10.9. The minimum absolute atomic E-state index is 0.213. The molecule has 4 nitrogen and oxygen atoms in total. The zero-order valence-electron chi connectivity index (χ0n) is 15.0. The Bertz CT molecular complexity index is 861. The second kappa shape index (κ2) is 10.0. The lowest BCUT2D eigenvalue weighted by molar-refractivity contribution is -0.137. The molecule has 2 aromatic carbocycles. The Kier molecular flexibility index (Phi) is 7.43. The summed E-state index contributed by atoms with van der Waals surface area (Å²) in [6.07, 6.45) is 2.68. The first kappa shape index (κ1) is 20.8. The van der Waals surface area contributed by atoms with E-state index in [2.05, 4.69) is 4.98 Å².